The molecule has 8 heteroatoms. The smallest absolute Gasteiger partial charge is 0.341 e. The van der Waals surface area contributed by atoms with Crippen molar-refractivity contribution in [3.63, 3.8) is 0 Å². The van der Waals surface area contributed by atoms with Crippen LogP contribution in [-0.4, -0.2) is 48.4 Å². The molecule has 1 aliphatic heterocycles. The molecule has 2 rings (SSSR count). The summed E-state index contributed by atoms with van der Waals surface area (Å²) in [6.45, 7) is 0.995. The molecule has 0 unspecified atom stereocenters. The van der Waals surface area contributed by atoms with Crippen molar-refractivity contribution in [2.24, 2.45) is 0 Å². The number of nitrogens with zero attached hydrogens (tertiary/aromatic N) is 2. The van der Waals surface area contributed by atoms with Crippen LogP contribution in [0, 0.1) is 10.1 Å². The van der Waals surface area contributed by atoms with Gasteiger partial charge in [-0.25, -0.2) is 4.79 Å². The number of carbonyl (C=O) groups is 2. The Morgan fingerprint density at radius 2 is 1.84 bits per heavy atom. The zero-order valence-corrected chi connectivity index (χ0v) is 14.3. The van der Waals surface area contributed by atoms with Crippen molar-refractivity contribution < 1.29 is 19.2 Å². The van der Waals surface area contributed by atoms with Gasteiger partial charge in [0, 0.05) is 38.0 Å². The van der Waals surface area contributed by atoms with E-state index in [4.69, 9.17) is 4.74 Å². The van der Waals surface area contributed by atoms with E-state index < -0.39 is 10.9 Å². The number of hydrogen-bond acceptors (Lipinski definition) is 6. The molecule has 136 valence electrons. The maximum absolute atomic E-state index is 12.3. The van der Waals surface area contributed by atoms with Gasteiger partial charge in [0.05, 0.1) is 10.5 Å². The summed E-state index contributed by atoms with van der Waals surface area (Å²) in [5.74, 6) is -0.986. The highest BCUT2D eigenvalue weighted by molar-refractivity contribution is 5.97. The van der Waals surface area contributed by atoms with E-state index in [-0.39, 0.29) is 23.8 Å². The molecule has 8 nitrogen and oxygen atoms in total. The predicted molar refractivity (Wildman–Crippen MR) is 92.6 cm³/mol. The third-order valence-electron chi connectivity index (χ3n) is 4.24. The van der Waals surface area contributed by atoms with Gasteiger partial charge in [0.2, 0.25) is 0 Å². The molecule has 0 spiro atoms. The van der Waals surface area contributed by atoms with Crippen LogP contribution >= 0.6 is 0 Å². The van der Waals surface area contributed by atoms with Gasteiger partial charge in [-0.3, -0.25) is 14.9 Å². The SMILES string of the molecule is CNc1ccc([N+](=O)[O-])cc1C(=O)OCC(=O)N1CCCCCCC1. The second kappa shape index (κ2) is 9.00. The largest absolute Gasteiger partial charge is 0.452 e. The number of nitro benzene ring substituents is 1. The molecule has 0 atom stereocenters. The van der Waals surface area contributed by atoms with Crippen molar-refractivity contribution in [1.82, 2.24) is 4.90 Å². The number of rotatable bonds is 5. The van der Waals surface area contributed by atoms with Gasteiger partial charge in [0.15, 0.2) is 6.61 Å². The van der Waals surface area contributed by atoms with Gasteiger partial charge in [0.1, 0.15) is 0 Å². The van der Waals surface area contributed by atoms with E-state index >= 15 is 0 Å². The van der Waals surface area contributed by atoms with Gasteiger partial charge in [-0.1, -0.05) is 19.3 Å². The summed E-state index contributed by atoms with van der Waals surface area (Å²) in [5, 5.41) is 13.7. The molecule has 1 aromatic carbocycles. The summed E-state index contributed by atoms with van der Waals surface area (Å²) < 4.78 is 5.10. The van der Waals surface area contributed by atoms with Crippen molar-refractivity contribution in [3.05, 3.63) is 33.9 Å². The third-order valence-corrected chi connectivity index (χ3v) is 4.24. The lowest BCUT2D eigenvalue weighted by atomic mass is 10.1. The van der Waals surface area contributed by atoms with E-state index in [1.54, 1.807) is 11.9 Å². The van der Waals surface area contributed by atoms with Crippen LogP contribution in [0.4, 0.5) is 11.4 Å². The first kappa shape index (κ1) is 18.7. The topological polar surface area (TPSA) is 102 Å². The van der Waals surface area contributed by atoms with Crippen LogP contribution in [0.25, 0.3) is 0 Å². The van der Waals surface area contributed by atoms with Crippen molar-refractivity contribution in [2.45, 2.75) is 32.1 Å². The van der Waals surface area contributed by atoms with Crippen LogP contribution in [0.15, 0.2) is 18.2 Å². The number of amides is 1. The van der Waals surface area contributed by atoms with Crippen LogP contribution in [0.5, 0.6) is 0 Å². The maximum atomic E-state index is 12.3. The monoisotopic (exact) mass is 349 g/mol. The average molecular weight is 349 g/mol. The Labute approximate surface area is 146 Å². The molecule has 0 radical (unpaired) electrons. The molecule has 1 saturated heterocycles. The Balaban J connectivity index is 2.00. The molecule has 1 heterocycles. The molecule has 1 amide bonds. The Morgan fingerprint density at radius 3 is 2.44 bits per heavy atom. The predicted octanol–water partition coefficient (Wildman–Crippen LogP) is 2.59. The molecule has 0 saturated carbocycles. The second-order valence-corrected chi connectivity index (χ2v) is 5.96. The minimum Gasteiger partial charge on any atom is -0.452 e. The standard InChI is InChI=1S/C17H23N3O5/c1-18-15-8-7-13(20(23)24)11-14(15)17(22)25-12-16(21)19-9-5-3-2-4-6-10-19/h7-8,11,18H,2-6,9-10,12H2,1H3. The minimum absolute atomic E-state index is 0.0390. The van der Waals surface area contributed by atoms with Crippen LogP contribution in [0.2, 0.25) is 0 Å². The lowest BCUT2D eigenvalue weighted by Crippen LogP contribution is -2.37. The van der Waals surface area contributed by atoms with Crippen molar-refractivity contribution in [1.29, 1.82) is 0 Å². The number of carbonyl (C=O) groups excluding carboxylic acids is 2. The molecule has 1 fully saturated rings. The quantitative estimate of drug-likeness (QED) is 0.498. The summed E-state index contributed by atoms with van der Waals surface area (Å²) >= 11 is 0. The summed E-state index contributed by atoms with van der Waals surface area (Å²) in [5.41, 5.74) is 0.243. The fraction of sp³-hybridized carbons (Fsp3) is 0.529. The highest BCUT2D eigenvalue weighted by Gasteiger charge is 2.20. The second-order valence-electron chi connectivity index (χ2n) is 5.96. The minimum atomic E-state index is -0.756. The molecule has 0 aliphatic carbocycles. The van der Waals surface area contributed by atoms with E-state index in [1.807, 2.05) is 0 Å². The number of likely N-dealkylation sites (tertiary alicyclic amines) is 1. The van der Waals surface area contributed by atoms with Crippen molar-refractivity contribution in [2.75, 3.05) is 32.1 Å². The number of benzene rings is 1. The van der Waals surface area contributed by atoms with Crippen LogP contribution in [0.1, 0.15) is 42.5 Å². The van der Waals surface area contributed by atoms with Gasteiger partial charge < -0.3 is 15.0 Å². The van der Waals surface area contributed by atoms with E-state index in [2.05, 4.69) is 5.32 Å². The van der Waals surface area contributed by atoms with Crippen LogP contribution in [-0.2, 0) is 9.53 Å². The molecule has 1 aliphatic rings. The van der Waals surface area contributed by atoms with E-state index in [9.17, 15) is 19.7 Å². The highest BCUT2D eigenvalue weighted by atomic mass is 16.6. The molecular weight excluding hydrogens is 326 g/mol. The highest BCUT2D eigenvalue weighted by Crippen LogP contribution is 2.22. The fourth-order valence-corrected chi connectivity index (χ4v) is 2.83. The summed E-state index contributed by atoms with van der Waals surface area (Å²) in [6.07, 6.45) is 5.30. The first-order chi connectivity index (χ1) is 12.0. The number of nitro groups is 1. The van der Waals surface area contributed by atoms with Gasteiger partial charge >= 0.3 is 5.97 Å². The normalized spacial score (nSPS) is 15.0. The summed E-state index contributed by atoms with van der Waals surface area (Å²) in [7, 11) is 1.60. The average Bonchev–Trinajstić information content (AvgIpc) is 2.58. The Morgan fingerprint density at radius 1 is 1.20 bits per heavy atom. The van der Waals surface area contributed by atoms with Crippen molar-refractivity contribution in [3.8, 4) is 0 Å². The Bertz CT molecular complexity index is 639. The summed E-state index contributed by atoms with van der Waals surface area (Å²) in [4.78, 5) is 36.5. The molecular formula is C17H23N3O5. The maximum Gasteiger partial charge on any atom is 0.341 e. The van der Waals surface area contributed by atoms with E-state index in [0.29, 0.717) is 18.8 Å². The number of ether oxygens (including phenoxy) is 1. The Hall–Kier alpha value is -2.64. The molecule has 1 aromatic rings. The molecule has 1 N–H and O–H groups in total. The lowest BCUT2D eigenvalue weighted by Gasteiger charge is -2.24. The summed E-state index contributed by atoms with van der Waals surface area (Å²) in [6, 6.07) is 3.89. The Kier molecular flexibility index (Phi) is 6.73. The van der Waals surface area contributed by atoms with E-state index in [0.717, 1.165) is 31.7 Å². The van der Waals surface area contributed by atoms with Gasteiger partial charge in [-0.2, -0.15) is 0 Å². The zero-order chi connectivity index (χ0) is 18.2. The number of non-ortho nitro benzene ring substituents is 1. The van der Waals surface area contributed by atoms with Gasteiger partial charge in [0.25, 0.3) is 11.6 Å². The molecule has 0 bridgehead atoms. The van der Waals surface area contributed by atoms with Gasteiger partial charge in [-0.15, -0.1) is 0 Å². The molecule has 25 heavy (non-hydrogen) atoms. The van der Waals surface area contributed by atoms with Crippen LogP contribution < -0.4 is 5.32 Å². The number of nitrogens with one attached hydrogen (secondary N) is 1. The number of hydrogen-bond donors (Lipinski definition) is 1. The first-order valence-corrected chi connectivity index (χ1v) is 8.44. The van der Waals surface area contributed by atoms with Crippen molar-refractivity contribution >= 4 is 23.3 Å². The van der Waals surface area contributed by atoms with Crippen LogP contribution in [0.3, 0.4) is 0 Å². The number of esters is 1. The first-order valence-electron chi connectivity index (χ1n) is 8.44. The number of anilines is 1. The van der Waals surface area contributed by atoms with Gasteiger partial charge in [-0.05, 0) is 18.9 Å². The fourth-order valence-electron chi connectivity index (χ4n) is 2.83. The van der Waals surface area contributed by atoms with E-state index in [1.165, 1.54) is 18.6 Å². The lowest BCUT2D eigenvalue weighted by molar-refractivity contribution is -0.384. The molecule has 0 aromatic heterocycles. The third kappa shape index (κ3) is 5.17. The zero-order valence-electron chi connectivity index (χ0n) is 14.3.